The van der Waals surface area contributed by atoms with E-state index in [4.69, 9.17) is 4.74 Å². The number of hydrazone groups is 1. The number of nitrogens with zero attached hydrogens (tertiary/aromatic N) is 2. The molecule has 1 aromatic heterocycles. The number of anilines is 1. The van der Waals surface area contributed by atoms with Crippen molar-refractivity contribution in [3.05, 3.63) is 84.1 Å². The third-order valence-corrected chi connectivity index (χ3v) is 4.49. The quantitative estimate of drug-likeness (QED) is 0.377. The van der Waals surface area contributed by atoms with Crippen molar-refractivity contribution in [3.63, 3.8) is 0 Å². The zero-order valence-electron chi connectivity index (χ0n) is 13.9. The summed E-state index contributed by atoms with van der Waals surface area (Å²) in [7, 11) is 1.69. The summed E-state index contributed by atoms with van der Waals surface area (Å²) in [4.78, 5) is 4.34. The highest BCUT2D eigenvalue weighted by molar-refractivity contribution is 7.98. The van der Waals surface area contributed by atoms with Crippen LogP contribution in [-0.2, 0) is 5.75 Å². The molecule has 0 fully saturated rings. The van der Waals surface area contributed by atoms with Crippen molar-refractivity contribution in [1.29, 1.82) is 0 Å². The van der Waals surface area contributed by atoms with E-state index < -0.39 is 0 Å². The van der Waals surface area contributed by atoms with Crippen molar-refractivity contribution in [3.8, 4) is 5.75 Å². The Labute approximate surface area is 152 Å². The lowest BCUT2D eigenvalue weighted by molar-refractivity contribution is 0.411. The topological polar surface area (TPSA) is 46.5 Å². The molecule has 0 saturated heterocycles. The van der Waals surface area contributed by atoms with Gasteiger partial charge in [-0.2, -0.15) is 5.10 Å². The molecule has 0 atom stereocenters. The van der Waals surface area contributed by atoms with Gasteiger partial charge in [-0.3, -0.25) is 5.43 Å². The lowest BCUT2D eigenvalue weighted by Gasteiger charge is -2.09. The van der Waals surface area contributed by atoms with Gasteiger partial charge >= 0.3 is 0 Å². The van der Waals surface area contributed by atoms with Gasteiger partial charge in [-0.05, 0) is 48.0 Å². The van der Waals surface area contributed by atoms with Crippen molar-refractivity contribution in [2.45, 2.75) is 10.8 Å². The number of rotatable bonds is 7. The third kappa shape index (κ3) is 5.09. The normalized spacial score (nSPS) is 10.8. The number of hydrogen-bond acceptors (Lipinski definition) is 5. The minimum absolute atomic E-state index is 0.786. The van der Waals surface area contributed by atoms with E-state index in [0.29, 0.717) is 0 Å². The van der Waals surface area contributed by atoms with Crippen LogP contribution in [0.2, 0.25) is 0 Å². The van der Waals surface area contributed by atoms with Gasteiger partial charge in [-0.25, -0.2) is 4.98 Å². The molecule has 0 aliphatic carbocycles. The number of aromatic nitrogens is 1. The summed E-state index contributed by atoms with van der Waals surface area (Å²) >= 11 is 1.68. The molecule has 0 aliphatic rings. The third-order valence-electron chi connectivity index (χ3n) is 3.50. The Balaban J connectivity index is 1.68. The predicted octanol–water partition coefficient (Wildman–Crippen LogP) is 4.83. The monoisotopic (exact) mass is 349 g/mol. The summed E-state index contributed by atoms with van der Waals surface area (Å²) < 4.78 is 5.47. The number of methoxy groups -OCH3 is 1. The maximum absolute atomic E-state index is 5.47. The molecule has 0 saturated carbocycles. The lowest BCUT2D eigenvalue weighted by Crippen LogP contribution is -1.95. The van der Waals surface area contributed by atoms with E-state index >= 15 is 0 Å². The molecule has 0 spiro atoms. The van der Waals surface area contributed by atoms with Crippen molar-refractivity contribution in [2.24, 2.45) is 5.10 Å². The Bertz CT molecular complexity index is 823. The van der Waals surface area contributed by atoms with Crippen LogP contribution < -0.4 is 10.2 Å². The first kappa shape index (κ1) is 17.0. The molecule has 0 aliphatic heterocycles. The summed E-state index contributed by atoms with van der Waals surface area (Å²) in [5.41, 5.74) is 6.11. The zero-order chi connectivity index (χ0) is 17.3. The van der Waals surface area contributed by atoms with Gasteiger partial charge in [0, 0.05) is 17.5 Å². The molecular formula is C20H19N3OS. The van der Waals surface area contributed by atoms with E-state index in [-0.39, 0.29) is 0 Å². The van der Waals surface area contributed by atoms with Gasteiger partial charge in [-0.15, -0.1) is 11.8 Å². The highest BCUT2D eigenvalue weighted by atomic mass is 32.2. The molecule has 4 nitrogen and oxygen atoms in total. The van der Waals surface area contributed by atoms with Gasteiger partial charge < -0.3 is 4.74 Å². The van der Waals surface area contributed by atoms with Gasteiger partial charge in [-0.1, -0.05) is 24.3 Å². The maximum Gasteiger partial charge on any atom is 0.122 e. The SMILES string of the molecule is COc1ccc(C=NNc2ccccc2)cc1CSc1ccccn1. The second-order valence-electron chi connectivity index (χ2n) is 5.26. The van der Waals surface area contributed by atoms with Crippen LogP contribution >= 0.6 is 11.8 Å². The molecule has 126 valence electrons. The van der Waals surface area contributed by atoms with E-state index in [1.807, 2.05) is 60.7 Å². The van der Waals surface area contributed by atoms with Crippen LogP contribution in [0.4, 0.5) is 5.69 Å². The van der Waals surface area contributed by atoms with Crippen LogP contribution in [0.15, 0.2) is 83.1 Å². The van der Waals surface area contributed by atoms with Crippen molar-refractivity contribution >= 4 is 23.7 Å². The predicted molar refractivity (Wildman–Crippen MR) is 104 cm³/mol. The summed E-state index contributed by atoms with van der Waals surface area (Å²) in [5, 5.41) is 5.29. The Morgan fingerprint density at radius 1 is 1.08 bits per heavy atom. The highest BCUT2D eigenvalue weighted by Crippen LogP contribution is 2.27. The van der Waals surface area contributed by atoms with Crippen LogP contribution in [0.3, 0.4) is 0 Å². The first-order chi connectivity index (χ1) is 12.3. The van der Waals surface area contributed by atoms with E-state index in [9.17, 15) is 0 Å². The fourth-order valence-corrected chi connectivity index (χ4v) is 3.11. The van der Waals surface area contributed by atoms with Gasteiger partial charge in [0.15, 0.2) is 0 Å². The second kappa shape index (κ2) is 8.89. The number of hydrogen-bond donors (Lipinski definition) is 1. The van der Waals surface area contributed by atoms with Gasteiger partial charge in [0.2, 0.25) is 0 Å². The van der Waals surface area contributed by atoms with Crippen molar-refractivity contribution < 1.29 is 4.74 Å². The summed E-state index contributed by atoms with van der Waals surface area (Å²) in [6.45, 7) is 0. The number of ether oxygens (including phenoxy) is 1. The largest absolute Gasteiger partial charge is 0.496 e. The van der Waals surface area contributed by atoms with E-state index in [0.717, 1.165) is 33.3 Å². The van der Waals surface area contributed by atoms with Gasteiger partial charge in [0.05, 0.1) is 24.0 Å². The first-order valence-electron chi connectivity index (χ1n) is 7.90. The maximum atomic E-state index is 5.47. The highest BCUT2D eigenvalue weighted by Gasteiger charge is 2.05. The molecular weight excluding hydrogens is 330 g/mol. The average molecular weight is 349 g/mol. The number of para-hydroxylation sites is 1. The standard InChI is InChI=1S/C20H19N3OS/c1-24-19-11-10-16(14-22-23-18-7-3-2-4-8-18)13-17(19)15-25-20-9-5-6-12-21-20/h2-14,23H,15H2,1H3. The van der Waals surface area contributed by atoms with E-state index in [2.05, 4.69) is 21.6 Å². The Hall–Kier alpha value is -2.79. The number of pyridine rings is 1. The molecule has 0 bridgehead atoms. The number of benzene rings is 2. The fraction of sp³-hybridized carbons (Fsp3) is 0.100. The molecule has 2 aromatic carbocycles. The minimum atomic E-state index is 0.786. The van der Waals surface area contributed by atoms with Crippen LogP contribution in [0, 0.1) is 0 Å². The molecule has 0 amide bonds. The Kier molecular flexibility index (Phi) is 6.06. The Morgan fingerprint density at radius 3 is 2.68 bits per heavy atom. The Morgan fingerprint density at radius 2 is 1.92 bits per heavy atom. The first-order valence-corrected chi connectivity index (χ1v) is 8.88. The van der Waals surface area contributed by atoms with Crippen molar-refractivity contribution in [1.82, 2.24) is 4.98 Å². The second-order valence-corrected chi connectivity index (χ2v) is 6.26. The van der Waals surface area contributed by atoms with Crippen LogP contribution in [0.25, 0.3) is 0 Å². The lowest BCUT2D eigenvalue weighted by atomic mass is 10.1. The summed E-state index contributed by atoms with van der Waals surface area (Å²) in [6.07, 6.45) is 3.61. The number of nitrogens with one attached hydrogen (secondary N) is 1. The number of thioether (sulfide) groups is 1. The minimum Gasteiger partial charge on any atom is -0.496 e. The van der Waals surface area contributed by atoms with Crippen LogP contribution in [0.1, 0.15) is 11.1 Å². The summed E-state index contributed by atoms with van der Waals surface area (Å²) in [5.74, 6) is 1.66. The molecule has 1 N–H and O–H groups in total. The van der Waals surface area contributed by atoms with E-state index in [1.54, 1.807) is 31.3 Å². The summed E-state index contributed by atoms with van der Waals surface area (Å²) in [6, 6.07) is 21.8. The molecule has 25 heavy (non-hydrogen) atoms. The fourth-order valence-electron chi connectivity index (χ4n) is 2.27. The van der Waals surface area contributed by atoms with E-state index in [1.165, 1.54) is 0 Å². The molecule has 1 heterocycles. The van der Waals surface area contributed by atoms with Gasteiger partial charge in [0.1, 0.15) is 5.75 Å². The smallest absolute Gasteiger partial charge is 0.122 e. The molecule has 3 aromatic rings. The molecule has 3 rings (SSSR count). The zero-order valence-corrected chi connectivity index (χ0v) is 14.7. The van der Waals surface area contributed by atoms with Crippen LogP contribution in [-0.4, -0.2) is 18.3 Å². The molecule has 0 radical (unpaired) electrons. The molecule has 5 heteroatoms. The average Bonchev–Trinajstić information content (AvgIpc) is 2.68. The van der Waals surface area contributed by atoms with Gasteiger partial charge in [0.25, 0.3) is 0 Å². The van der Waals surface area contributed by atoms with Crippen LogP contribution in [0.5, 0.6) is 5.75 Å². The van der Waals surface area contributed by atoms with Crippen molar-refractivity contribution in [2.75, 3.05) is 12.5 Å². The molecule has 0 unspecified atom stereocenters.